The van der Waals surface area contributed by atoms with Crippen molar-refractivity contribution in [2.45, 2.75) is 13.0 Å². The Bertz CT molecular complexity index is 1070. The maximum absolute atomic E-state index is 12.3. The summed E-state index contributed by atoms with van der Waals surface area (Å²) in [5.74, 6) is -1.47. The fourth-order valence-corrected chi connectivity index (χ4v) is 3.14. The van der Waals surface area contributed by atoms with E-state index >= 15 is 0 Å². The summed E-state index contributed by atoms with van der Waals surface area (Å²) in [6.07, 6.45) is 0.429. The highest BCUT2D eigenvalue weighted by molar-refractivity contribution is 7.13. The largest absolute Gasteiger partial charge is 0.448 e. The molecule has 1 amide bonds. The van der Waals surface area contributed by atoms with Gasteiger partial charge in [-0.15, -0.1) is 11.3 Å². The van der Waals surface area contributed by atoms with Crippen LogP contribution in [0.2, 0.25) is 5.02 Å². The van der Waals surface area contributed by atoms with Gasteiger partial charge in [-0.2, -0.15) is 0 Å². The summed E-state index contributed by atoms with van der Waals surface area (Å²) in [5, 5.41) is 15.4. The molecular formula is C18H13ClN4O5S. The zero-order chi connectivity index (χ0) is 21.0. The number of non-ortho nitro benzene ring substituents is 1. The molecule has 0 saturated heterocycles. The normalized spacial score (nSPS) is 11.5. The first kappa shape index (κ1) is 20.4. The van der Waals surface area contributed by atoms with Gasteiger partial charge in [0, 0.05) is 23.7 Å². The molecule has 29 heavy (non-hydrogen) atoms. The summed E-state index contributed by atoms with van der Waals surface area (Å²) in [6.45, 7) is 1.37. The molecule has 1 N–H and O–H groups in total. The third kappa shape index (κ3) is 4.92. The summed E-state index contributed by atoms with van der Waals surface area (Å²) in [6, 6.07) is 8.94. The Morgan fingerprint density at radius 1 is 1.31 bits per heavy atom. The number of pyridine rings is 1. The molecule has 0 aliphatic rings. The quantitative estimate of drug-likeness (QED) is 0.355. The summed E-state index contributed by atoms with van der Waals surface area (Å²) >= 11 is 7.17. The van der Waals surface area contributed by atoms with Gasteiger partial charge in [-0.1, -0.05) is 17.7 Å². The Hall–Kier alpha value is -3.37. The molecule has 2 heterocycles. The Morgan fingerprint density at radius 2 is 2.10 bits per heavy atom. The third-order valence-corrected chi connectivity index (χ3v) is 4.86. The van der Waals surface area contributed by atoms with E-state index in [0.29, 0.717) is 10.7 Å². The van der Waals surface area contributed by atoms with E-state index in [1.165, 1.54) is 35.8 Å². The molecule has 9 nitrogen and oxygen atoms in total. The average Bonchev–Trinajstić information content (AvgIpc) is 3.20. The number of rotatable bonds is 6. The number of anilines is 1. The molecule has 0 fully saturated rings. The SMILES string of the molecule is C[C@H](OC(=O)c1csc(-c2ccccn2)n1)C(=O)Nc1cc([N+](=O)[O-])ccc1Cl. The maximum Gasteiger partial charge on any atom is 0.358 e. The van der Waals surface area contributed by atoms with E-state index in [0.717, 1.165) is 6.07 Å². The van der Waals surface area contributed by atoms with Crippen molar-refractivity contribution in [2.24, 2.45) is 0 Å². The molecule has 2 aromatic heterocycles. The molecule has 3 aromatic rings. The Labute approximate surface area is 173 Å². The van der Waals surface area contributed by atoms with Crippen LogP contribution in [0.15, 0.2) is 48.0 Å². The minimum absolute atomic E-state index is 0.0415. The lowest BCUT2D eigenvalue weighted by atomic mass is 10.2. The highest BCUT2D eigenvalue weighted by Gasteiger charge is 2.22. The number of hydrogen-bond acceptors (Lipinski definition) is 8. The number of amides is 1. The van der Waals surface area contributed by atoms with Crippen LogP contribution in [0, 0.1) is 10.1 Å². The first-order valence-electron chi connectivity index (χ1n) is 8.18. The van der Waals surface area contributed by atoms with E-state index in [4.69, 9.17) is 16.3 Å². The van der Waals surface area contributed by atoms with Gasteiger partial charge in [-0.05, 0) is 25.1 Å². The molecule has 0 bridgehead atoms. The van der Waals surface area contributed by atoms with E-state index in [-0.39, 0.29) is 22.1 Å². The number of aromatic nitrogens is 2. The molecule has 1 aromatic carbocycles. The number of nitrogens with zero attached hydrogens (tertiary/aromatic N) is 3. The van der Waals surface area contributed by atoms with Gasteiger partial charge >= 0.3 is 5.97 Å². The summed E-state index contributed by atoms with van der Waals surface area (Å²) in [5.41, 5.74) is 0.463. The maximum atomic E-state index is 12.3. The number of halogens is 1. The standard InChI is InChI=1S/C18H13ClN4O5S/c1-10(16(24)21-14-8-11(23(26)27)5-6-12(14)19)28-18(25)15-9-29-17(22-15)13-4-2-3-7-20-13/h2-10H,1H3,(H,21,24)/t10-/m0/s1. The molecule has 3 rings (SSSR count). The van der Waals surface area contributed by atoms with Crippen LogP contribution in [-0.2, 0) is 9.53 Å². The van der Waals surface area contributed by atoms with Gasteiger partial charge in [0.1, 0.15) is 5.01 Å². The molecule has 1 atom stereocenters. The molecular weight excluding hydrogens is 420 g/mol. The van der Waals surface area contributed by atoms with E-state index < -0.39 is 22.9 Å². The molecule has 0 unspecified atom stereocenters. The second kappa shape index (κ2) is 8.76. The van der Waals surface area contributed by atoms with Gasteiger partial charge < -0.3 is 10.1 Å². The molecule has 0 saturated carbocycles. The van der Waals surface area contributed by atoms with Crippen molar-refractivity contribution in [3.05, 3.63) is 68.8 Å². The Balaban J connectivity index is 1.66. The van der Waals surface area contributed by atoms with Crippen molar-refractivity contribution in [3.8, 4) is 10.7 Å². The summed E-state index contributed by atoms with van der Waals surface area (Å²) in [4.78, 5) is 43.1. The second-order valence-electron chi connectivity index (χ2n) is 5.71. The summed E-state index contributed by atoms with van der Waals surface area (Å²) in [7, 11) is 0. The lowest BCUT2D eigenvalue weighted by molar-refractivity contribution is -0.384. The average molecular weight is 433 g/mol. The number of esters is 1. The van der Waals surface area contributed by atoms with Crippen molar-refractivity contribution in [3.63, 3.8) is 0 Å². The highest BCUT2D eigenvalue weighted by atomic mass is 35.5. The van der Waals surface area contributed by atoms with Crippen molar-refractivity contribution in [2.75, 3.05) is 5.32 Å². The van der Waals surface area contributed by atoms with Crippen molar-refractivity contribution >= 4 is 46.2 Å². The highest BCUT2D eigenvalue weighted by Crippen LogP contribution is 2.27. The minimum atomic E-state index is -1.18. The molecule has 0 spiro atoms. The van der Waals surface area contributed by atoms with Crippen molar-refractivity contribution < 1.29 is 19.2 Å². The fraction of sp³-hybridized carbons (Fsp3) is 0.111. The number of thiazole rings is 1. The van der Waals surface area contributed by atoms with Crippen LogP contribution >= 0.6 is 22.9 Å². The van der Waals surface area contributed by atoms with Crippen LogP contribution in [0.5, 0.6) is 0 Å². The van der Waals surface area contributed by atoms with Crippen LogP contribution in [0.3, 0.4) is 0 Å². The van der Waals surface area contributed by atoms with E-state index in [2.05, 4.69) is 15.3 Å². The number of ether oxygens (including phenoxy) is 1. The minimum Gasteiger partial charge on any atom is -0.448 e. The van der Waals surface area contributed by atoms with Gasteiger partial charge in [-0.3, -0.25) is 19.9 Å². The number of carbonyl (C=O) groups is 2. The van der Waals surface area contributed by atoms with Crippen LogP contribution in [0.25, 0.3) is 10.7 Å². The Kier molecular flexibility index (Phi) is 6.15. The number of nitrogens with one attached hydrogen (secondary N) is 1. The van der Waals surface area contributed by atoms with Gasteiger partial charge in [0.05, 0.1) is 21.3 Å². The zero-order valence-corrected chi connectivity index (χ0v) is 16.4. The van der Waals surface area contributed by atoms with Gasteiger partial charge in [-0.25, -0.2) is 9.78 Å². The predicted molar refractivity (Wildman–Crippen MR) is 107 cm³/mol. The lowest BCUT2D eigenvalue weighted by Crippen LogP contribution is -2.30. The number of carbonyl (C=O) groups excluding carboxylic acids is 2. The van der Waals surface area contributed by atoms with E-state index in [9.17, 15) is 19.7 Å². The predicted octanol–water partition coefficient (Wildman–Crippen LogP) is 3.95. The monoisotopic (exact) mass is 432 g/mol. The zero-order valence-electron chi connectivity index (χ0n) is 14.9. The van der Waals surface area contributed by atoms with Crippen LogP contribution in [0.4, 0.5) is 11.4 Å². The van der Waals surface area contributed by atoms with E-state index in [1.54, 1.807) is 24.4 Å². The first-order valence-corrected chi connectivity index (χ1v) is 9.43. The van der Waals surface area contributed by atoms with E-state index in [1.807, 2.05) is 0 Å². The van der Waals surface area contributed by atoms with Gasteiger partial charge in [0.2, 0.25) is 0 Å². The second-order valence-corrected chi connectivity index (χ2v) is 6.98. The molecule has 0 aliphatic heterocycles. The molecule has 0 aliphatic carbocycles. The number of hydrogen-bond donors (Lipinski definition) is 1. The Morgan fingerprint density at radius 3 is 2.79 bits per heavy atom. The van der Waals surface area contributed by atoms with Crippen LogP contribution in [-0.4, -0.2) is 32.9 Å². The smallest absolute Gasteiger partial charge is 0.358 e. The van der Waals surface area contributed by atoms with Crippen LogP contribution < -0.4 is 5.32 Å². The van der Waals surface area contributed by atoms with Crippen molar-refractivity contribution in [1.29, 1.82) is 0 Å². The first-order chi connectivity index (χ1) is 13.8. The summed E-state index contributed by atoms with van der Waals surface area (Å²) < 4.78 is 5.13. The molecule has 11 heteroatoms. The number of nitro groups is 1. The van der Waals surface area contributed by atoms with Crippen molar-refractivity contribution in [1.82, 2.24) is 9.97 Å². The van der Waals surface area contributed by atoms with Gasteiger partial charge in [0.15, 0.2) is 11.8 Å². The lowest BCUT2D eigenvalue weighted by Gasteiger charge is -2.13. The third-order valence-electron chi connectivity index (χ3n) is 3.67. The molecule has 148 valence electrons. The van der Waals surface area contributed by atoms with Crippen LogP contribution in [0.1, 0.15) is 17.4 Å². The topological polar surface area (TPSA) is 124 Å². The number of benzene rings is 1. The fourth-order valence-electron chi connectivity index (χ4n) is 2.21. The van der Waals surface area contributed by atoms with Gasteiger partial charge in [0.25, 0.3) is 11.6 Å². The molecule has 0 radical (unpaired) electrons. The number of nitro benzene ring substituents is 1.